The van der Waals surface area contributed by atoms with Crippen LogP contribution in [0.4, 0.5) is 0 Å². The normalized spacial score (nSPS) is 33.5. The lowest BCUT2D eigenvalue weighted by Crippen LogP contribution is -2.62. The highest BCUT2D eigenvalue weighted by Gasteiger charge is 2.85. The average Bonchev–Trinajstić information content (AvgIpc) is 3.65. The first kappa shape index (κ1) is 44.6. The molecule has 8 rings (SSSR count). The summed E-state index contributed by atoms with van der Waals surface area (Å²) in [6.07, 6.45) is 17.7. The third kappa shape index (κ3) is 7.65. The Morgan fingerprint density at radius 3 is 1.89 bits per heavy atom. The van der Waals surface area contributed by atoms with Crippen LogP contribution in [0.15, 0.2) is 12.7 Å². The van der Waals surface area contributed by atoms with E-state index in [0.29, 0.717) is 38.9 Å². The molecule has 14 nitrogen and oxygen atoms in total. The zero-order valence-electron chi connectivity index (χ0n) is 37.3. The fourth-order valence-electron chi connectivity index (χ4n) is 13.7. The standard InChI is InChI=1S/C46H73N7O7S/c1-6-33-27-46(33,42(58)50-61(59,60)51-24-14-15-25-51)49-39(55)35-28-45(43(4,5)44(45)22-16-23-44)29-53(35)41(57)37(32-19-10-11-20-32)48-40(56)36(31-17-8-7-9-18-31)47-38(54)34-21-12-13-26-52(34)30(2)3/h6,30-37H,1,7-29H2,2-5H3,(H,47,54)(H,48,56)(H,49,55)(H,50,58)/t33-,34+,35+,36+,37+,45-,46-/m1/s1. The molecule has 5 aliphatic carbocycles. The lowest BCUT2D eigenvalue weighted by molar-refractivity contribution is -0.144. The molecule has 0 aromatic rings. The van der Waals surface area contributed by atoms with Crippen LogP contribution in [0.3, 0.4) is 0 Å². The molecular weight excluding hydrogens is 795 g/mol. The first-order chi connectivity index (χ1) is 29.0. The minimum Gasteiger partial charge on any atom is -0.343 e. The zero-order valence-corrected chi connectivity index (χ0v) is 38.1. The average molecular weight is 868 g/mol. The molecule has 340 valence electrons. The molecule has 0 radical (unpaired) electrons. The van der Waals surface area contributed by atoms with Crippen molar-refractivity contribution in [1.29, 1.82) is 0 Å². The molecule has 61 heavy (non-hydrogen) atoms. The second-order valence-electron chi connectivity index (χ2n) is 21.1. The van der Waals surface area contributed by atoms with Gasteiger partial charge in [0.1, 0.15) is 23.7 Å². The van der Waals surface area contributed by atoms with Crippen LogP contribution in [-0.2, 0) is 34.2 Å². The second-order valence-corrected chi connectivity index (χ2v) is 22.8. The maximum Gasteiger partial charge on any atom is 0.303 e. The Balaban J connectivity index is 1.06. The van der Waals surface area contributed by atoms with Gasteiger partial charge < -0.3 is 20.9 Å². The molecule has 0 aromatic carbocycles. The van der Waals surface area contributed by atoms with E-state index in [0.717, 1.165) is 103 Å². The smallest absolute Gasteiger partial charge is 0.303 e. The van der Waals surface area contributed by atoms with Crippen molar-refractivity contribution < 1.29 is 32.4 Å². The van der Waals surface area contributed by atoms with Gasteiger partial charge in [0, 0.05) is 37.0 Å². The van der Waals surface area contributed by atoms with Crippen LogP contribution in [0, 0.1) is 34.0 Å². The van der Waals surface area contributed by atoms with Crippen LogP contribution in [-0.4, -0.2) is 114 Å². The molecule has 3 saturated heterocycles. The summed E-state index contributed by atoms with van der Waals surface area (Å²) < 4.78 is 30.0. The maximum atomic E-state index is 15.4. The first-order valence-electron chi connectivity index (χ1n) is 24.0. The summed E-state index contributed by atoms with van der Waals surface area (Å²) in [6.45, 7) is 14.5. The number of carbonyl (C=O) groups is 5. The van der Waals surface area contributed by atoms with E-state index in [1.54, 1.807) is 11.0 Å². The monoisotopic (exact) mass is 868 g/mol. The van der Waals surface area contributed by atoms with Gasteiger partial charge in [-0.2, -0.15) is 12.7 Å². The Bertz CT molecular complexity index is 1850. The third-order valence-corrected chi connectivity index (χ3v) is 19.2. The summed E-state index contributed by atoms with van der Waals surface area (Å²) >= 11 is 0. The molecule has 7 atom stereocenters. The third-order valence-electron chi connectivity index (χ3n) is 17.7. The number of nitrogens with zero attached hydrogens (tertiary/aromatic N) is 3. The summed E-state index contributed by atoms with van der Waals surface area (Å²) in [5.41, 5.74) is -1.94. The number of hydrogen-bond acceptors (Lipinski definition) is 8. The Kier molecular flexibility index (Phi) is 12.3. The first-order valence-corrected chi connectivity index (χ1v) is 25.4. The largest absolute Gasteiger partial charge is 0.343 e. The van der Waals surface area contributed by atoms with Crippen molar-refractivity contribution in [3.63, 3.8) is 0 Å². The number of amides is 5. The minimum absolute atomic E-state index is 0.00110. The van der Waals surface area contributed by atoms with Crippen LogP contribution >= 0.6 is 0 Å². The maximum absolute atomic E-state index is 15.4. The summed E-state index contributed by atoms with van der Waals surface area (Å²) in [7, 11) is -4.10. The fourth-order valence-corrected chi connectivity index (χ4v) is 14.9. The van der Waals surface area contributed by atoms with Gasteiger partial charge in [-0.1, -0.05) is 64.9 Å². The van der Waals surface area contributed by atoms with Crippen molar-refractivity contribution in [2.24, 2.45) is 34.0 Å². The molecule has 0 aromatic heterocycles. The molecule has 3 aliphatic heterocycles. The Morgan fingerprint density at radius 2 is 1.31 bits per heavy atom. The molecule has 3 heterocycles. The van der Waals surface area contributed by atoms with Gasteiger partial charge in [0.25, 0.3) is 5.91 Å². The topological polar surface area (TPSA) is 177 Å². The molecule has 0 unspecified atom stereocenters. The van der Waals surface area contributed by atoms with E-state index >= 15 is 4.79 Å². The molecule has 2 spiro atoms. The minimum atomic E-state index is -4.10. The molecule has 5 saturated carbocycles. The van der Waals surface area contributed by atoms with E-state index in [1.165, 1.54) is 4.31 Å². The highest BCUT2D eigenvalue weighted by atomic mass is 32.2. The number of rotatable bonds is 14. The van der Waals surface area contributed by atoms with Crippen LogP contribution in [0.1, 0.15) is 150 Å². The number of nitrogens with one attached hydrogen (secondary N) is 4. The highest BCUT2D eigenvalue weighted by Crippen LogP contribution is 2.88. The van der Waals surface area contributed by atoms with E-state index < -0.39 is 51.6 Å². The van der Waals surface area contributed by atoms with Crippen LogP contribution in [0.25, 0.3) is 0 Å². The number of hydrogen-bond donors (Lipinski definition) is 4. The molecule has 4 N–H and O–H groups in total. The number of piperidine rings is 1. The van der Waals surface area contributed by atoms with Gasteiger partial charge in [-0.15, -0.1) is 6.58 Å². The quantitative estimate of drug-likeness (QED) is 0.187. The van der Waals surface area contributed by atoms with Gasteiger partial charge in [-0.3, -0.25) is 28.9 Å². The van der Waals surface area contributed by atoms with Gasteiger partial charge >= 0.3 is 10.2 Å². The summed E-state index contributed by atoms with van der Waals surface area (Å²) in [5, 5.41) is 9.51. The molecule has 0 bridgehead atoms. The van der Waals surface area contributed by atoms with Crippen molar-refractivity contribution in [1.82, 2.24) is 34.8 Å². The van der Waals surface area contributed by atoms with Crippen LogP contribution in [0.2, 0.25) is 0 Å². The lowest BCUT2D eigenvalue weighted by Gasteiger charge is -2.39. The number of carbonyl (C=O) groups excluding carboxylic acids is 5. The summed E-state index contributed by atoms with van der Waals surface area (Å²) in [6, 6.07) is -2.68. The summed E-state index contributed by atoms with van der Waals surface area (Å²) in [4.78, 5) is 77.1. The number of likely N-dealkylation sites (tertiary alicyclic amines) is 2. The van der Waals surface area contributed by atoms with Gasteiger partial charge in [-0.05, 0) is 120 Å². The van der Waals surface area contributed by atoms with Gasteiger partial charge in [-0.25, -0.2) is 4.72 Å². The summed E-state index contributed by atoms with van der Waals surface area (Å²) in [5.74, 6) is -2.64. The molecule has 15 heteroatoms. The van der Waals surface area contributed by atoms with E-state index in [1.807, 2.05) is 0 Å². The van der Waals surface area contributed by atoms with Crippen molar-refractivity contribution in [2.75, 3.05) is 26.2 Å². The number of fused-ring (bicyclic) bond motifs is 1. The molecule has 5 amide bonds. The Morgan fingerprint density at radius 1 is 0.705 bits per heavy atom. The van der Waals surface area contributed by atoms with Gasteiger partial charge in [0.15, 0.2) is 0 Å². The van der Waals surface area contributed by atoms with Gasteiger partial charge in [0.05, 0.1) is 6.04 Å². The van der Waals surface area contributed by atoms with Crippen molar-refractivity contribution >= 4 is 39.7 Å². The lowest BCUT2D eigenvalue weighted by atomic mass is 9.73. The SMILES string of the molecule is C=C[C@@H]1C[C@]1(NC(=O)[C@@H]1C[C@@]2(CN1C(=O)[C@@H](NC(=O)[C@@H](NC(=O)[C@@H]1CCCCN1C(C)C)C1CCCCC1)C1CCCC1)C(C)(C)C21CCC1)C(=O)NS(=O)(=O)N1CCCC1. The van der Waals surface area contributed by atoms with E-state index in [4.69, 9.17) is 0 Å². The van der Waals surface area contributed by atoms with E-state index in [9.17, 15) is 27.6 Å². The highest BCUT2D eigenvalue weighted by molar-refractivity contribution is 7.87. The molecular formula is C46H73N7O7S. The van der Waals surface area contributed by atoms with Crippen molar-refractivity contribution in [3.05, 3.63) is 12.7 Å². The van der Waals surface area contributed by atoms with Crippen molar-refractivity contribution in [3.8, 4) is 0 Å². The molecule has 8 aliphatic rings. The van der Waals surface area contributed by atoms with E-state index in [2.05, 4.69) is 59.8 Å². The predicted octanol–water partition coefficient (Wildman–Crippen LogP) is 4.30. The van der Waals surface area contributed by atoms with Crippen LogP contribution in [0.5, 0.6) is 0 Å². The molecule has 8 fully saturated rings. The van der Waals surface area contributed by atoms with Crippen molar-refractivity contribution in [2.45, 2.75) is 185 Å². The van der Waals surface area contributed by atoms with Gasteiger partial charge in [0.2, 0.25) is 23.6 Å². The van der Waals surface area contributed by atoms with E-state index in [-0.39, 0.29) is 64.3 Å². The Labute approximate surface area is 364 Å². The fraction of sp³-hybridized carbons (Fsp3) is 0.848. The Hall–Kier alpha value is -3.04. The zero-order chi connectivity index (χ0) is 43.5. The predicted molar refractivity (Wildman–Crippen MR) is 232 cm³/mol. The van der Waals surface area contributed by atoms with Crippen LogP contribution < -0.4 is 20.7 Å². The second kappa shape index (κ2) is 16.8.